The molecule has 12 aromatic carbocycles. The first-order valence-electron chi connectivity index (χ1n) is 27.5. The molecule has 0 aliphatic heterocycles. The number of rotatable bonds is 11. The Morgan fingerprint density at radius 2 is 0.562 bits per heavy atom. The van der Waals surface area contributed by atoms with Gasteiger partial charge >= 0.3 is 0 Å². The Labute approximate surface area is 466 Å². The SMILES string of the molecule is Cc1cc(-c2cc(C)c(N(c3ccc(-c4ccc5oc6ccccc6c5c4)cc3)c3ccccc3-c3ccccc3)c(C)c2)cc(C)c1N(c1ccc(-c2ccc3oc4ccccc4c3c2)cc1)c1ccccc1-c1ccccc1. The molecule has 0 amide bonds. The van der Waals surface area contributed by atoms with Crippen LogP contribution < -0.4 is 9.80 Å². The maximum atomic E-state index is 6.20. The summed E-state index contributed by atoms with van der Waals surface area (Å²) in [5.74, 6) is 0. The first-order valence-corrected chi connectivity index (χ1v) is 27.5. The highest BCUT2D eigenvalue weighted by Crippen LogP contribution is 2.48. The molecule has 2 heterocycles. The zero-order chi connectivity index (χ0) is 53.8. The van der Waals surface area contributed by atoms with Crippen molar-refractivity contribution in [2.45, 2.75) is 27.7 Å². The molecule has 382 valence electrons. The van der Waals surface area contributed by atoms with Crippen molar-refractivity contribution in [1.82, 2.24) is 0 Å². The highest BCUT2D eigenvalue weighted by Gasteiger charge is 2.25. The van der Waals surface area contributed by atoms with Crippen LogP contribution in [0.1, 0.15) is 22.3 Å². The monoisotopic (exact) mass is 1030 g/mol. The van der Waals surface area contributed by atoms with Crippen molar-refractivity contribution in [2.24, 2.45) is 0 Å². The van der Waals surface area contributed by atoms with Crippen LogP contribution in [0, 0.1) is 27.7 Å². The van der Waals surface area contributed by atoms with Crippen molar-refractivity contribution in [2.75, 3.05) is 9.80 Å². The lowest BCUT2D eigenvalue weighted by Gasteiger charge is -2.32. The van der Waals surface area contributed by atoms with E-state index in [0.717, 1.165) is 111 Å². The van der Waals surface area contributed by atoms with E-state index in [-0.39, 0.29) is 0 Å². The molecule has 2 aromatic heterocycles. The van der Waals surface area contributed by atoms with Crippen LogP contribution in [0.5, 0.6) is 0 Å². The number of aryl methyl sites for hydroxylation is 4. The molecule has 0 fully saturated rings. The fraction of sp³-hybridized carbons (Fsp3) is 0.0526. The summed E-state index contributed by atoms with van der Waals surface area (Å²) in [7, 11) is 0. The van der Waals surface area contributed by atoms with Crippen molar-refractivity contribution in [3.8, 4) is 55.6 Å². The largest absolute Gasteiger partial charge is 0.456 e. The number of nitrogens with zero attached hydrogens (tertiary/aromatic N) is 2. The second kappa shape index (κ2) is 20.0. The molecule has 0 saturated carbocycles. The second-order valence-corrected chi connectivity index (χ2v) is 21.1. The minimum Gasteiger partial charge on any atom is -0.456 e. The van der Waals surface area contributed by atoms with Gasteiger partial charge in [-0.2, -0.15) is 0 Å². The van der Waals surface area contributed by atoms with Crippen molar-refractivity contribution in [3.63, 3.8) is 0 Å². The summed E-state index contributed by atoms with van der Waals surface area (Å²) in [6.07, 6.45) is 0. The maximum absolute atomic E-state index is 6.20. The van der Waals surface area contributed by atoms with Gasteiger partial charge in [0.05, 0.1) is 22.7 Å². The zero-order valence-electron chi connectivity index (χ0n) is 45.1. The minimum atomic E-state index is 0.897. The third kappa shape index (κ3) is 8.59. The lowest BCUT2D eigenvalue weighted by molar-refractivity contribution is 0.668. The summed E-state index contributed by atoms with van der Waals surface area (Å²) in [4.78, 5) is 4.91. The molecule has 0 atom stereocenters. The van der Waals surface area contributed by atoms with Crippen LogP contribution in [0.25, 0.3) is 99.5 Å². The van der Waals surface area contributed by atoms with Crippen molar-refractivity contribution in [1.29, 1.82) is 0 Å². The Kier molecular flexibility index (Phi) is 12.1. The molecule has 4 heteroatoms. The van der Waals surface area contributed by atoms with E-state index in [9.17, 15) is 0 Å². The molecule has 80 heavy (non-hydrogen) atoms. The molecule has 0 aliphatic rings. The van der Waals surface area contributed by atoms with Gasteiger partial charge in [-0.1, -0.05) is 170 Å². The van der Waals surface area contributed by atoms with Crippen LogP contribution in [0.15, 0.2) is 276 Å². The number of benzene rings is 12. The molecule has 14 aromatic rings. The molecule has 0 aliphatic carbocycles. The van der Waals surface area contributed by atoms with Crippen LogP contribution in [0.3, 0.4) is 0 Å². The summed E-state index contributed by atoms with van der Waals surface area (Å²) in [6, 6.07) is 96.2. The molecule has 0 saturated heterocycles. The topological polar surface area (TPSA) is 32.8 Å². The molecular formula is C76H56N2O2. The molecule has 14 rings (SSSR count). The van der Waals surface area contributed by atoms with Crippen LogP contribution >= 0.6 is 0 Å². The Bertz CT molecular complexity index is 4280. The van der Waals surface area contributed by atoms with Gasteiger partial charge in [-0.15, -0.1) is 0 Å². The van der Waals surface area contributed by atoms with E-state index in [0.29, 0.717) is 0 Å². The van der Waals surface area contributed by atoms with Gasteiger partial charge in [-0.05, 0) is 192 Å². The summed E-state index contributed by atoms with van der Waals surface area (Å²) in [5.41, 5.74) is 26.7. The predicted octanol–water partition coefficient (Wildman–Crippen LogP) is 22.0. The standard InChI is InChI=1S/C76H56N2O2/c1-49-43-59(44-50(2)75(49)77(69-27-15-11-23-63(69)55-19-7-5-8-20-55)61-37-31-53(32-38-61)57-35-41-73-67(47-57)65-25-13-17-29-71(65)79-73)60-45-51(3)76(52(4)46-60)78(70-28-16-12-24-64(70)56-21-9-6-10-22-56)62-39-33-54(34-40-62)58-36-42-74-68(48-58)66-26-14-18-30-72(66)80-74/h5-48H,1-4H3. The number of para-hydroxylation sites is 4. The second-order valence-electron chi connectivity index (χ2n) is 21.1. The van der Waals surface area contributed by atoms with Crippen molar-refractivity contribution >= 4 is 78.0 Å². The molecular weight excluding hydrogens is 973 g/mol. The van der Waals surface area contributed by atoms with Crippen LogP contribution in [-0.2, 0) is 0 Å². The van der Waals surface area contributed by atoms with Gasteiger partial charge in [0, 0.05) is 44.0 Å². The highest BCUT2D eigenvalue weighted by atomic mass is 16.3. The third-order valence-corrected chi connectivity index (χ3v) is 15.9. The Morgan fingerprint density at radius 1 is 0.237 bits per heavy atom. The van der Waals surface area contributed by atoms with E-state index < -0.39 is 0 Å². The van der Waals surface area contributed by atoms with E-state index in [1.54, 1.807) is 0 Å². The number of hydrogen-bond acceptors (Lipinski definition) is 4. The van der Waals surface area contributed by atoms with Gasteiger partial charge in [0.1, 0.15) is 22.3 Å². The first-order chi connectivity index (χ1) is 39.3. The molecule has 4 nitrogen and oxygen atoms in total. The Hall–Kier alpha value is -10.2. The van der Waals surface area contributed by atoms with Crippen molar-refractivity contribution in [3.05, 3.63) is 289 Å². The lowest BCUT2D eigenvalue weighted by Crippen LogP contribution is -2.14. The number of fused-ring (bicyclic) bond motifs is 6. The first kappa shape index (κ1) is 48.2. The van der Waals surface area contributed by atoms with Gasteiger partial charge < -0.3 is 18.6 Å². The Morgan fingerprint density at radius 3 is 0.963 bits per heavy atom. The summed E-state index contributed by atoms with van der Waals surface area (Å²) in [5, 5.41) is 4.50. The van der Waals surface area contributed by atoms with Crippen LogP contribution in [-0.4, -0.2) is 0 Å². The summed E-state index contributed by atoms with van der Waals surface area (Å²) >= 11 is 0. The molecule has 0 spiro atoms. The number of hydrogen-bond donors (Lipinski definition) is 0. The summed E-state index contributed by atoms with van der Waals surface area (Å²) in [6.45, 7) is 9.05. The predicted molar refractivity (Wildman–Crippen MR) is 336 cm³/mol. The van der Waals surface area contributed by atoms with Gasteiger partial charge in [0.15, 0.2) is 0 Å². The highest BCUT2D eigenvalue weighted by molar-refractivity contribution is 6.07. The van der Waals surface area contributed by atoms with Crippen molar-refractivity contribution < 1.29 is 8.83 Å². The lowest BCUT2D eigenvalue weighted by atomic mass is 9.93. The third-order valence-electron chi connectivity index (χ3n) is 15.9. The van der Waals surface area contributed by atoms with Gasteiger partial charge in [0.2, 0.25) is 0 Å². The number of furan rings is 2. The summed E-state index contributed by atoms with van der Waals surface area (Å²) < 4.78 is 12.4. The Balaban J connectivity index is 0.856. The van der Waals surface area contributed by atoms with E-state index in [4.69, 9.17) is 8.83 Å². The quantitative estimate of drug-likeness (QED) is 0.129. The average molecular weight is 1030 g/mol. The normalized spacial score (nSPS) is 11.5. The minimum absolute atomic E-state index is 0.897. The average Bonchev–Trinajstić information content (AvgIpc) is 4.12. The van der Waals surface area contributed by atoms with E-state index in [1.165, 1.54) is 44.5 Å². The molecule has 0 N–H and O–H groups in total. The van der Waals surface area contributed by atoms with E-state index in [1.807, 2.05) is 24.3 Å². The van der Waals surface area contributed by atoms with Gasteiger partial charge in [-0.25, -0.2) is 0 Å². The maximum Gasteiger partial charge on any atom is 0.135 e. The van der Waals surface area contributed by atoms with Crippen LogP contribution in [0.2, 0.25) is 0 Å². The van der Waals surface area contributed by atoms with Gasteiger partial charge in [0.25, 0.3) is 0 Å². The smallest absolute Gasteiger partial charge is 0.135 e. The van der Waals surface area contributed by atoms with Gasteiger partial charge in [-0.3, -0.25) is 0 Å². The molecule has 0 bridgehead atoms. The van der Waals surface area contributed by atoms with Crippen LogP contribution in [0.4, 0.5) is 34.1 Å². The fourth-order valence-electron chi connectivity index (χ4n) is 12.2. The van der Waals surface area contributed by atoms with E-state index in [2.05, 4.69) is 280 Å². The fourth-order valence-corrected chi connectivity index (χ4v) is 12.2. The molecule has 0 radical (unpaired) electrons. The number of anilines is 6. The zero-order valence-corrected chi connectivity index (χ0v) is 45.1. The molecule has 0 unspecified atom stereocenters. The van der Waals surface area contributed by atoms with E-state index >= 15 is 0 Å².